The van der Waals surface area contributed by atoms with Crippen molar-refractivity contribution in [3.05, 3.63) is 53.6 Å². The highest BCUT2D eigenvalue weighted by Gasteiger charge is 2.47. The van der Waals surface area contributed by atoms with Crippen molar-refractivity contribution in [3.63, 3.8) is 0 Å². The van der Waals surface area contributed by atoms with Crippen molar-refractivity contribution < 1.29 is 19.8 Å². The van der Waals surface area contributed by atoms with Crippen molar-refractivity contribution in [2.24, 2.45) is 0 Å². The number of Topliss-reactive ketones (excluding diaryl/α,β-unsaturated/α-hetero) is 1. The van der Waals surface area contributed by atoms with Gasteiger partial charge in [0.15, 0.2) is 17.3 Å². The van der Waals surface area contributed by atoms with E-state index in [0.29, 0.717) is 16.8 Å². The van der Waals surface area contributed by atoms with E-state index in [1.165, 1.54) is 25.1 Å². The van der Waals surface area contributed by atoms with Gasteiger partial charge in [0.25, 0.3) is 0 Å². The van der Waals surface area contributed by atoms with E-state index in [0.717, 1.165) is 0 Å². The summed E-state index contributed by atoms with van der Waals surface area (Å²) >= 11 is 0. The fourth-order valence-electron chi connectivity index (χ4n) is 2.51. The zero-order valence-electron chi connectivity index (χ0n) is 11.3. The van der Waals surface area contributed by atoms with Gasteiger partial charge in [0, 0.05) is 5.56 Å². The van der Waals surface area contributed by atoms with Gasteiger partial charge in [-0.2, -0.15) is 0 Å². The van der Waals surface area contributed by atoms with Crippen LogP contribution in [0.5, 0.6) is 11.5 Å². The number of fused-ring (bicyclic) bond motifs is 1. The summed E-state index contributed by atoms with van der Waals surface area (Å²) in [6, 6.07) is 10.7. The van der Waals surface area contributed by atoms with Gasteiger partial charge in [-0.3, -0.25) is 9.59 Å². The van der Waals surface area contributed by atoms with Crippen LogP contribution in [0.2, 0.25) is 0 Å². The molecule has 1 atom stereocenters. The van der Waals surface area contributed by atoms with Gasteiger partial charge in [0.2, 0.25) is 5.91 Å². The highest BCUT2D eigenvalue weighted by Crippen LogP contribution is 2.39. The largest absolute Gasteiger partial charge is 0.504 e. The third-order valence-corrected chi connectivity index (χ3v) is 3.88. The number of phenols is 2. The summed E-state index contributed by atoms with van der Waals surface area (Å²) in [6.07, 6.45) is 0. The summed E-state index contributed by atoms with van der Waals surface area (Å²) in [5, 5.41) is 21.7. The van der Waals surface area contributed by atoms with E-state index < -0.39 is 11.3 Å². The number of benzene rings is 2. The van der Waals surface area contributed by atoms with E-state index in [4.69, 9.17) is 0 Å². The molecule has 0 spiro atoms. The van der Waals surface area contributed by atoms with Crippen LogP contribution in [0.15, 0.2) is 42.5 Å². The number of carbonyl (C=O) groups excluding carboxylic acids is 2. The van der Waals surface area contributed by atoms with Crippen LogP contribution in [0.1, 0.15) is 22.8 Å². The average molecular weight is 283 g/mol. The molecule has 2 aromatic rings. The molecule has 21 heavy (non-hydrogen) atoms. The molecule has 106 valence electrons. The van der Waals surface area contributed by atoms with Crippen LogP contribution < -0.4 is 5.32 Å². The molecule has 1 unspecified atom stereocenters. The first-order valence-electron chi connectivity index (χ1n) is 6.42. The van der Waals surface area contributed by atoms with Gasteiger partial charge >= 0.3 is 0 Å². The molecular weight excluding hydrogens is 270 g/mol. The Hall–Kier alpha value is -2.82. The van der Waals surface area contributed by atoms with Crippen LogP contribution in [0.4, 0.5) is 5.69 Å². The molecule has 0 saturated heterocycles. The number of ketones is 1. The lowest BCUT2D eigenvalue weighted by Crippen LogP contribution is -2.48. The Balaban J connectivity index is 2.18. The molecule has 1 amide bonds. The number of phenolic OH excluding ortho intramolecular Hbond substituents is 2. The van der Waals surface area contributed by atoms with Crippen molar-refractivity contribution in [1.29, 1.82) is 0 Å². The topological polar surface area (TPSA) is 86.6 Å². The number of carbonyl (C=O) groups is 2. The normalized spacial score (nSPS) is 20.8. The van der Waals surface area contributed by atoms with Crippen LogP contribution in [0.3, 0.4) is 0 Å². The maximum Gasteiger partial charge on any atom is 0.242 e. The Kier molecular flexibility index (Phi) is 2.73. The predicted octanol–water partition coefficient (Wildman–Crippen LogP) is 2.19. The van der Waals surface area contributed by atoms with E-state index in [1.807, 2.05) is 0 Å². The molecular formula is C16H13NO4. The number of para-hydroxylation sites is 1. The lowest BCUT2D eigenvalue weighted by Gasteiger charge is -2.32. The second-order valence-corrected chi connectivity index (χ2v) is 5.16. The van der Waals surface area contributed by atoms with Gasteiger partial charge in [-0.05, 0) is 36.8 Å². The van der Waals surface area contributed by atoms with Crippen molar-refractivity contribution in [3.8, 4) is 11.5 Å². The summed E-state index contributed by atoms with van der Waals surface area (Å²) in [4.78, 5) is 25.2. The molecule has 3 rings (SSSR count). The van der Waals surface area contributed by atoms with Crippen LogP contribution in [0, 0.1) is 0 Å². The van der Waals surface area contributed by atoms with Crippen LogP contribution >= 0.6 is 0 Å². The molecule has 0 aromatic heterocycles. The Morgan fingerprint density at radius 3 is 2.43 bits per heavy atom. The third-order valence-electron chi connectivity index (χ3n) is 3.88. The predicted molar refractivity (Wildman–Crippen MR) is 76.5 cm³/mol. The van der Waals surface area contributed by atoms with Gasteiger partial charge in [0.1, 0.15) is 5.41 Å². The first kappa shape index (κ1) is 13.2. The SMILES string of the molecule is CC1(c2ccc(O)c(O)c2)C(=O)Nc2ccccc2C1=O. The standard InChI is InChI=1S/C16H13NO4/c1-16(9-6-7-12(18)13(19)8-9)14(20)10-4-2-3-5-11(10)17-15(16)21/h2-8,18-19H,1H3,(H,17,21). The lowest BCUT2D eigenvalue weighted by molar-refractivity contribution is -0.119. The molecule has 5 nitrogen and oxygen atoms in total. The minimum atomic E-state index is -1.44. The number of rotatable bonds is 1. The lowest BCUT2D eigenvalue weighted by atomic mass is 9.73. The number of anilines is 1. The number of hydrogen-bond acceptors (Lipinski definition) is 4. The van der Waals surface area contributed by atoms with E-state index >= 15 is 0 Å². The molecule has 1 heterocycles. The molecule has 2 aromatic carbocycles. The fourth-order valence-corrected chi connectivity index (χ4v) is 2.51. The van der Waals surface area contributed by atoms with Crippen LogP contribution in [0.25, 0.3) is 0 Å². The minimum Gasteiger partial charge on any atom is -0.504 e. The maximum atomic E-state index is 12.7. The minimum absolute atomic E-state index is 0.300. The highest BCUT2D eigenvalue weighted by molar-refractivity contribution is 6.27. The van der Waals surface area contributed by atoms with E-state index in [-0.39, 0.29) is 17.3 Å². The second kappa shape index (κ2) is 4.34. The number of aromatic hydroxyl groups is 2. The number of hydrogen-bond donors (Lipinski definition) is 3. The van der Waals surface area contributed by atoms with Gasteiger partial charge in [-0.15, -0.1) is 0 Å². The summed E-state index contributed by atoms with van der Waals surface area (Å²) in [5.41, 5.74) is -0.213. The van der Waals surface area contributed by atoms with Crippen molar-refractivity contribution in [1.82, 2.24) is 0 Å². The van der Waals surface area contributed by atoms with Crippen LogP contribution in [-0.4, -0.2) is 21.9 Å². The smallest absolute Gasteiger partial charge is 0.242 e. The van der Waals surface area contributed by atoms with Crippen molar-refractivity contribution >= 4 is 17.4 Å². The van der Waals surface area contributed by atoms with E-state index in [1.54, 1.807) is 24.3 Å². The highest BCUT2D eigenvalue weighted by atomic mass is 16.3. The zero-order valence-corrected chi connectivity index (χ0v) is 11.3. The average Bonchev–Trinajstić information content (AvgIpc) is 2.48. The van der Waals surface area contributed by atoms with Crippen LogP contribution in [-0.2, 0) is 10.2 Å². The Bertz CT molecular complexity index is 769. The number of amides is 1. The summed E-state index contributed by atoms with van der Waals surface area (Å²) in [6.45, 7) is 1.51. The quantitative estimate of drug-likeness (QED) is 0.553. The van der Waals surface area contributed by atoms with Gasteiger partial charge in [-0.1, -0.05) is 18.2 Å². The van der Waals surface area contributed by atoms with E-state index in [2.05, 4.69) is 5.32 Å². The molecule has 0 aliphatic carbocycles. The molecule has 0 saturated carbocycles. The van der Waals surface area contributed by atoms with E-state index in [9.17, 15) is 19.8 Å². The van der Waals surface area contributed by atoms with Crippen molar-refractivity contribution in [2.45, 2.75) is 12.3 Å². The summed E-state index contributed by atoms with van der Waals surface area (Å²) in [5.74, 6) is -1.47. The summed E-state index contributed by atoms with van der Waals surface area (Å²) in [7, 11) is 0. The molecule has 0 fully saturated rings. The maximum absolute atomic E-state index is 12.7. The summed E-state index contributed by atoms with van der Waals surface area (Å²) < 4.78 is 0. The number of nitrogens with one attached hydrogen (secondary N) is 1. The Morgan fingerprint density at radius 2 is 1.71 bits per heavy atom. The third kappa shape index (κ3) is 1.78. The Labute approximate surface area is 120 Å². The molecule has 3 N–H and O–H groups in total. The second-order valence-electron chi connectivity index (χ2n) is 5.16. The van der Waals surface area contributed by atoms with Gasteiger partial charge < -0.3 is 15.5 Å². The zero-order chi connectivity index (χ0) is 15.2. The molecule has 1 aliphatic heterocycles. The molecule has 0 bridgehead atoms. The molecule has 5 heteroatoms. The van der Waals surface area contributed by atoms with Gasteiger partial charge in [-0.25, -0.2) is 0 Å². The molecule has 1 aliphatic rings. The first-order chi connectivity index (χ1) is 9.94. The Morgan fingerprint density at radius 1 is 1.00 bits per heavy atom. The van der Waals surface area contributed by atoms with Gasteiger partial charge in [0.05, 0.1) is 5.69 Å². The molecule has 0 radical (unpaired) electrons. The van der Waals surface area contributed by atoms with Crippen molar-refractivity contribution in [2.75, 3.05) is 5.32 Å². The first-order valence-corrected chi connectivity index (χ1v) is 6.42. The fraction of sp³-hybridized carbons (Fsp3) is 0.125. The monoisotopic (exact) mass is 283 g/mol.